The summed E-state index contributed by atoms with van der Waals surface area (Å²) < 4.78 is 5.29. The smallest absolute Gasteiger partial charge is 0.411 e. The van der Waals surface area contributed by atoms with Crippen molar-refractivity contribution in [2.75, 3.05) is 0 Å². The van der Waals surface area contributed by atoms with Crippen LogP contribution in [0.25, 0.3) is 0 Å². The van der Waals surface area contributed by atoms with Gasteiger partial charge in [-0.25, -0.2) is 9.59 Å². The van der Waals surface area contributed by atoms with Gasteiger partial charge >= 0.3 is 12.1 Å². The SMILES string of the molecule is CC(C)(C)OC(=O)N1Cc2cc(Cl)ccc2CC1C(=O)O. The molecule has 0 saturated heterocycles. The van der Waals surface area contributed by atoms with Gasteiger partial charge in [-0.1, -0.05) is 17.7 Å². The first kappa shape index (κ1) is 15.6. The maximum Gasteiger partial charge on any atom is 0.411 e. The average molecular weight is 312 g/mol. The van der Waals surface area contributed by atoms with Crippen molar-refractivity contribution in [1.29, 1.82) is 0 Å². The molecule has 114 valence electrons. The van der Waals surface area contributed by atoms with Crippen LogP contribution < -0.4 is 0 Å². The number of ether oxygens (including phenoxy) is 1. The number of carboxylic acids is 1. The lowest BCUT2D eigenvalue weighted by atomic mass is 9.94. The van der Waals surface area contributed by atoms with E-state index in [-0.39, 0.29) is 13.0 Å². The standard InChI is InChI=1S/C15H18ClNO4/c1-15(2,3)21-14(20)17-8-10-6-11(16)5-4-9(10)7-12(17)13(18)19/h4-6,12H,7-8H2,1-3H3,(H,18,19). The number of halogens is 1. The van der Waals surface area contributed by atoms with Crippen molar-refractivity contribution < 1.29 is 19.4 Å². The van der Waals surface area contributed by atoms with Crippen LogP contribution in [0.15, 0.2) is 18.2 Å². The molecule has 0 aliphatic carbocycles. The molecule has 1 amide bonds. The predicted octanol–water partition coefficient (Wildman–Crippen LogP) is 3.09. The number of amides is 1. The van der Waals surface area contributed by atoms with Crippen molar-refractivity contribution in [3.05, 3.63) is 34.3 Å². The number of hydrogen-bond acceptors (Lipinski definition) is 3. The van der Waals surface area contributed by atoms with E-state index in [4.69, 9.17) is 16.3 Å². The van der Waals surface area contributed by atoms with E-state index >= 15 is 0 Å². The third-order valence-electron chi connectivity index (χ3n) is 3.21. The first-order valence-corrected chi connectivity index (χ1v) is 7.05. The molecule has 1 aliphatic heterocycles. The van der Waals surface area contributed by atoms with Crippen LogP contribution in [0, 0.1) is 0 Å². The van der Waals surface area contributed by atoms with Crippen LogP contribution in [-0.4, -0.2) is 33.7 Å². The number of fused-ring (bicyclic) bond motifs is 1. The van der Waals surface area contributed by atoms with E-state index in [0.29, 0.717) is 5.02 Å². The molecule has 0 saturated carbocycles. The molecule has 1 aliphatic rings. The maximum absolute atomic E-state index is 12.2. The van der Waals surface area contributed by atoms with Crippen LogP contribution in [-0.2, 0) is 22.5 Å². The van der Waals surface area contributed by atoms with Gasteiger partial charge in [-0.3, -0.25) is 4.90 Å². The van der Waals surface area contributed by atoms with Crippen molar-refractivity contribution in [3.63, 3.8) is 0 Å². The molecular formula is C15H18ClNO4. The van der Waals surface area contributed by atoms with Gasteiger partial charge in [0.1, 0.15) is 11.6 Å². The molecule has 1 N–H and O–H groups in total. The number of nitrogens with zero attached hydrogens (tertiary/aromatic N) is 1. The molecule has 1 heterocycles. The molecule has 0 spiro atoms. The fourth-order valence-corrected chi connectivity index (χ4v) is 2.48. The molecule has 5 nitrogen and oxygen atoms in total. The van der Waals surface area contributed by atoms with E-state index in [1.54, 1.807) is 39.0 Å². The van der Waals surface area contributed by atoms with E-state index in [2.05, 4.69) is 0 Å². The number of rotatable bonds is 1. The molecule has 0 fully saturated rings. The molecule has 0 bridgehead atoms. The summed E-state index contributed by atoms with van der Waals surface area (Å²) in [7, 11) is 0. The van der Waals surface area contributed by atoms with Gasteiger partial charge in [-0.2, -0.15) is 0 Å². The van der Waals surface area contributed by atoms with Crippen LogP contribution in [0.3, 0.4) is 0 Å². The predicted molar refractivity (Wildman–Crippen MR) is 78.4 cm³/mol. The summed E-state index contributed by atoms with van der Waals surface area (Å²) in [5.74, 6) is -1.04. The van der Waals surface area contributed by atoms with Gasteiger partial charge in [0.15, 0.2) is 0 Å². The Hall–Kier alpha value is -1.75. The van der Waals surface area contributed by atoms with Gasteiger partial charge in [0.25, 0.3) is 0 Å². The third-order valence-corrected chi connectivity index (χ3v) is 3.45. The van der Waals surface area contributed by atoms with Gasteiger partial charge in [0.2, 0.25) is 0 Å². The Morgan fingerprint density at radius 1 is 1.33 bits per heavy atom. The minimum atomic E-state index is -1.04. The molecule has 0 aromatic heterocycles. The average Bonchev–Trinajstić information content (AvgIpc) is 2.34. The minimum Gasteiger partial charge on any atom is -0.480 e. The zero-order chi connectivity index (χ0) is 15.8. The number of hydrogen-bond donors (Lipinski definition) is 1. The molecule has 0 radical (unpaired) electrons. The Bertz CT molecular complexity index is 580. The molecule has 1 unspecified atom stereocenters. The lowest BCUT2D eigenvalue weighted by Gasteiger charge is -2.35. The van der Waals surface area contributed by atoms with E-state index in [0.717, 1.165) is 11.1 Å². The Morgan fingerprint density at radius 3 is 2.57 bits per heavy atom. The largest absolute Gasteiger partial charge is 0.480 e. The Kier molecular flexibility index (Phi) is 4.14. The van der Waals surface area contributed by atoms with Crippen LogP contribution in [0.1, 0.15) is 31.9 Å². The zero-order valence-corrected chi connectivity index (χ0v) is 13.0. The zero-order valence-electron chi connectivity index (χ0n) is 12.2. The van der Waals surface area contributed by atoms with Crippen molar-refractivity contribution in [2.45, 2.75) is 45.4 Å². The highest BCUT2D eigenvalue weighted by molar-refractivity contribution is 6.30. The van der Waals surface area contributed by atoms with Crippen molar-refractivity contribution in [2.24, 2.45) is 0 Å². The van der Waals surface area contributed by atoms with E-state index in [1.165, 1.54) is 4.90 Å². The lowest BCUT2D eigenvalue weighted by molar-refractivity contribution is -0.143. The Labute approximate surface area is 128 Å². The number of carbonyl (C=O) groups is 2. The van der Waals surface area contributed by atoms with Crippen LogP contribution in [0.4, 0.5) is 4.79 Å². The lowest BCUT2D eigenvalue weighted by Crippen LogP contribution is -2.50. The van der Waals surface area contributed by atoms with Crippen molar-refractivity contribution in [3.8, 4) is 0 Å². The summed E-state index contributed by atoms with van der Waals surface area (Å²) >= 11 is 5.96. The van der Waals surface area contributed by atoms with Gasteiger partial charge in [0, 0.05) is 11.4 Å². The Balaban J connectivity index is 2.30. The Morgan fingerprint density at radius 2 is 2.00 bits per heavy atom. The van der Waals surface area contributed by atoms with Gasteiger partial charge in [-0.05, 0) is 44.0 Å². The van der Waals surface area contributed by atoms with Gasteiger partial charge in [-0.15, -0.1) is 0 Å². The normalized spacial score (nSPS) is 18.1. The maximum atomic E-state index is 12.2. The van der Waals surface area contributed by atoms with Gasteiger partial charge in [0.05, 0.1) is 6.54 Å². The molecular weight excluding hydrogens is 294 g/mol. The number of carbonyl (C=O) groups excluding carboxylic acids is 1. The number of aliphatic carboxylic acids is 1. The molecule has 21 heavy (non-hydrogen) atoms. The second-order valence-electron chi connectivity index (χ2n) is 6.08. The fourth-order valence-electron chi connectivity index (χ4n) is 2.29. The molecule has 6 heteroatoms. The molecule has 1 aromatic carbocycles. The second kappa shape index (κ2) is 5.56. The monoisotopic (exact) mass is 311 g/mol. The first-order chi connectivity index (χ1) is 9.67. The topological polar surface area (TPSA) is 66.8 Å². The van der Waals surface area contributed by atoms with Crippen molar-refractivity contribution in [1.82, 2.24) is 4.90 Å². The van der Waals surface area contributed by atoms with Crippen LogP contribution >= 0.6 is 11.6 Å². The third kappa shape index (κ3) is 3.67. The van der Waals surface area contributed by atoms with E-state index in [1.807, 2.05) is 0 Å². The fraction of sp³-hybridized carbons (Fsp3) is 0.467. The number of benzene rings is 1. The quantitative estimate of drug-likeness (QED) is 0.865. The van der Waals surface area contributed by atoms with Crippen molar-refractivity contribution >= 4 is 23.7 Å². The number of carboxylic acid groups (broad SMARTS) is 1. The summed E-state index contributed by atoms with van der Waals surface area (Å²) in [6.07, 6.45) is -0.373. The second-order valence-corrected chi connectivity index (χ2v) is 6.52. The summed E-state index contributed by atoms with van der Waals surface area (Å²) in [6.45, 7) is 5.42. The van der Waals surface area contributed by atoms with Crippen LogP contribution in [0.5, 0.6) is 0 Å². The molecule has 1 atom stereocenters. The summed E-state index contributed by atoms with van der Waals surface area (Å²) in [6, 6.07) is 4.36. The van der Waals surface area contributed by atoms with E-state index in [9.17, 15) is 14.7 Å². The summed E-state index contributed by atoms with van der Waals surface area (Å²) in [5.41, 5.74) is 1.08. The highest BCUT2D eigenvalue weighted by atomic mass is 35.5. The summed E-state index contributed by atoms with van der Waals surface area (Å²) in [4.78, 5) is 24.9. The highest BCUT2D eigenvalue weighted by Crippen LogP contribution is 2.27. The molecule has 2 rings (SSSR count). The van der Waals surface area contributed by atoms with Gasteiger partial charge < -0.3 is 9.84 Å². The highest BCUT2D eigenvalue weighted by Gasteiger charge is 2.36. The molecule has 1 aromatic rings. The van der Waals surface area contributed by atoms with Crippen LogP contribution in [0.2, 0.25) is 5.02 Å². The minimum absolute atomic E-state index is 0.182. The summed E-state index contributed by atoms with van der Waals surface area (Å²) in [5, 5.41) is 9.92. The van der Waals surface area contributed by atoms with E-state index < -0.39 is 23.7 Å². The first-order valence-electron chi connectivity index (χ1n) is 6.67.